The van der Waals surface area contributed by atoms with Gasteiger partial charge in [-0.1, -0.05) is 0 Å². The number of ether oxygens (including phenoxy) is 1. The quantitative estimate of drug-likeness (QED) is 0.880. The number of carbonyl (C=O) groups excluding carboxylic acids is 1. The van der Waals surface area contributed by atoms with Gasteiger partial charge < -0.3 is 15.4 Å². The predicted molar refractivity (Wildman–Crippen MR) is 74.8 cm³/mol. The van der Waals surface area contributed by atoms with Crippen LogP contribution in [-0.2, 0) is 9.53 Å². The number of pyridine rings is 1. The van der Waals surface area contributed by atoms with Gasteiger partial charge in [-0.2, -0.15) is 0 Å². The van der Waals surface area contributed by atoms with Crippen molar-refractivity contribution in [2.24, 2.45) is 5.92 Å². The van der Waals surface area contributed by atoms with Crippen LogP contribution in [0.4, 0.5) is 11.4 Å². The van der Waals surface area contributed by atoms with Crippen molar-refractivity contribution >= 4 is 17.3 Å². The van der Waals surface area contributed by atoms with E-state index in [1.807, 2.05) is 6.92 Å². The first-order valence-electron chi connectivity index (χ1n) is 6.69. The summed E-state index contributed by atoms with van der Waals surface area (Å²) in [4.78, 5) is 17.7. The summed E-state index contributed by atoms with van der Waals surface area (Å²) in [5, 5.41) is 0. The zero-order chi connectivity index (χ0) is 13.8. The van der Waals surface area contributed by atoms with E-state index in [0.29, 0.717) is 24.1 Å². The molecule has 2 rings (SSSR count). The lowest BCUT2D eigenvalue weighted by Crippen LogP contribution is -2.36. The Labute approximate surface area is 113 Å². The highest BCUT2D eigenvalue weighted by molar-refractivity contribution is 5.95. The minimum atomic E-state index is 0.0952. The molecule has 5 nitrogen and oxygen atoms in total. The lowest BCUT2D eigenvalue weighted by atomic mass is 9.79. The Morgan fingerprint density at radius 2 is 2.32 bits per heavy atom. The molecule has 1 amide bonds. The number of anilines is 2. The number of aromatic nitrogens is 1. The molecule has 0 radical (unpaired) electrons. The Kier molecular flexibility index (Phi) is 4.37. The molecule has 0 atom stereocenters. The molecule has 0 bridgehead atoms. The molecule has 0 aromatic carbocycles. The first kappa shape index (κ1) is 13.8. The highest BCUT2D eigenvalue weighted by Crippen LogP contribution is 2.33. The van der Waals surface area contributed by atoms with E-state index >= 15 is 0 Å². The SMILES string of the molecule is CCOC1CC(CC(=O)N(C)c2ccncc2N)C1. The summed E-state index contributed by atoms with van der Waals surface area (Å²) in [5.74, 6) is 0.535. The van der Waals surface area contributed by atoms with Crippen molar-refractivity contribution in [3.05, 3.63) is 18.5 Å². The summed E-state index contributed by atoms with van der Waals surface area (Å²) >= 11 is 0. The largest absolute Gasteiger partial charge is 0.396 e. The van der Waals surface area contributed by atoms with E-state index in [1.54, 1.807) is 30.4 Å². The van der Waals surface area contributed by atoms with E-state index in [2.05, 4.69) is 4.98 Å². The van der Waals surface area contributed by atoms with E-state index in [1.165, 1.54) is 0 Å². The van der Waals surface area contributed by atoms with Crippen molar-refractivity contribution in [1.29, 1.82) is 0 Å². The third-order valence-corrected chi connectivity index (χ3v) is 3.62. The molecule has 0 saturated heterocycles. The minimum Gasteiger partial charge on any atom is -0.396 e. The average molecular weight is 263 g/mol. The molecule has 2 N–H and O–H groups in total. The summed E-state index contributed by atoms with van der Waals surface area (Å²) < 4.78 is 5.50. The fourth-order valence-electron chi connectivity index (χ4n) is 2.44. The second-order valence-corrected chi connectivity index (χ2v) is 5.01. The first-order valence-corrected chi connectivity index (χ1v) is 6.69. The van der Waals surface area contributed by atoms with E-state index in [4.69, 9.17) is 10.5 Å². The number of amides is 1. The van der Waals surface area contributed by atoms with Gasteiger partial charge in [-0.15, -0.1) is 0 Å². The molecule has 1 aromatic rings. The van der Waals surface area contributed by atoms with Crippen LogP contribution in [-0.4, -0.2) is 30.6 Å². The van der Waals surface area contributed by atoms with Gasteiger partial charge in [0.1, 0.15) is 0 Å². The van der Waals surface area contributed by atoms with Gasteiger partial charge in [-0.3, -0.25) is 9.78 Å². The molecule has 1 heterocycles. The van der Waals surface area contributed by atoms with Crippen molar-refractivity contribution in [2.45, 2.75) is 32.3 Å². The van der Waals surface area contributed by atoms with Gasteiger partial charge in [0.25, 0.3) is 0 Å². The molecule has 1 aromatic heterocycles. The Morgan fingerprint density at radius 1 is 1.58 bits per heavy atom. The summed E-state index contributed by atoms with van der Waals surface area (Å²) in [6.45, 7) is 2.75. The number of carbonyl (C=O) groups is 1. The monoisotopic (exact) mass is 263 g/mol. The Morgan fingerprint density at radius 3 is 2.95 bits per heavy atom. The molecular weight excluding hydrogens is 242 g/mol. The van der Waals surface area contributed by atoms with Crippen molar-refractivity contribution in [2.75, 3.05) is 24.3 Å². The Bertz CT molecular complexity index is 444. The number of nitrogen functional groups attached to an aromatic ring is 1. The van der Waals surface area contributed by atoms with Gasteiger partial charge in [0, 0.05) is 26.3 Å². The minimum absolute atomic E-state index is 0.0952. The summed E-state index contributed by atoms with van der Waals surface area (Å²) in [6, 6.07) is 1.76. The Hall–Kier alpha value is -1.62. The molecule has 0 aliphatic heterocycles. The van der Waals surface area contributed by atoms with Gasteiger partial charge in [0.05, 0.1) is 23.7 Å². The van der Waals surface area contributed by atoms with Crippen LogP contribution in [0, 0.1) is 5.92 Å². The second kappa shape index (κ2) is 6.02. The highest BCUT2D eigenvalue weighted by Gasteiger charge is 2.32. The maximum Gasteiger partial charge on any atom is 0.227 e. The molecule has 1 aliphatic carbocycles. The van der Waals surface area contributed by atoms with Crippen molar-refractivity contribution in [3.63, 3.8) is 0 Å². The van der Waals surface area contributed by atoms with Crippen molar-refractivity contribution in [3.8, 4) is 0 Å². The number of nitrogens with two attached hydrogens (primary N) is 1. The lowest BCUT2D eigenvalue weighted by Gasteiger charge is -2.35. The lowest BCUT2D eigenvalue weighted by molar-refractivity contribution is -0.121. The highest BCUT2D eigenvalue weighted by atomic mass is 16.5. The van der Waals surface area contributed by atoms with Crippen molar-refractivity contribution in [1.82, 2.24) is 4.98 Å². The van der Waals surface area contributed by atoms with E-state index in [9.17, 15) is 4.79 Å². The van der Waals surface area contributed by atoms with Crippen molar-refractivity contribution < 1.29 is 9.53 Å². The molecule has 1 fully saturated rings. The third-order valence-electron chi connectivity index (χ3n) is 3.62. The average Bonchev–Trinajstić information content (AvgIpc) is 2.36. The molecule has 0 unspecified atom stereocenters. The van der Waals surface area contributed by atoms with Crippen LogP contribution < -0.4 is 10.6 Å². The normalized spacial score (nSPS) is 21.8. The number of hydrogen-bond acceptors (Lipinski definition) is 4. The predicted octanol–water partition coefficient (Wildman–Crippen LogP) is 1.83. The summed E-state index contributed by atoms with van der Waals surface area (Å²) in [7, 11) is 1.76. The van der Waals surface area contributed by atoms with Crippen LogP contribution in [0.2, 0.25) is 0 Å². The first-order chi connectivity index (χ1) is 9.11. The topological polar surface area (TPSA) is 68.5 Å². The summed E-state index contributed by atoms with van der Waals surface area (Å²) in [5.41, 5.74) is 7.07. The number of hydrogen-bond donors (Lipinski definition) is 1. The molecule has 0 spiro atoms. The van der Waals surface area contributed by atoms with Gasteiger partial charge in [-0.25, -0.2) is 0 Å². The van der Waals surface area contributed by atoms with E-state index in [0.717, 1.165) is 25.1 Å². The molecular formula is C14H21N3O2. The number of rotatable bonds is 5. The van der Waals surface area contributed by atoms with Crippen LogP contribution in [0.1, 0.15) is 26.2 Å². The second-order valence-electron chi connectivity index (χ2n) is 5.01. The Balaban J connectivity index is 1.86. The zero-order valence-electron chi connectivity index (χ0n) is 11.5. The van der Waals surface area contributed by atoms with Crippen LogP contribution >= 0.6 is 0 Å². The summed E-state index contributed by atoms with van der Waals surface area (Å²) in [6.07, 6.45) is 6.08. The van der Waals surface area contributed by atoms with Gasteiger partial charge in [0.2, 0.25) is 5.91 Å². The molecule has 5 heteroatoms. The number of nitrogens with zero attached hydrogens (tertiary/aromatic N) is 2. The van der Waals surface area contributed by atoms with Gasteiger partial charge in [-0.05, 0) is 31.7 Å². The maximum atomic E-state index is 12.2. The van der Waals surface area contributed by atoms with Crippen LogP contribution in [0.25, 0.3) is 0 Å². The maximum absolute atomic E-state index is 12.2. The third kappa shape index (κ3) is 3.23. The van der Waals surface area contributed by atoms with Gasteiger partial charge in [0.15, 0.2) is 0 Å². The molecule has 1 aliphatic rings. The standard InChI is InChI=1S/C14H21N3O2/c1-3-19-11-6-10(7-11)8-14(18)17(2)13-4-5-16-9-12(13)15/h4-5,9-11H,3,6-8,15H2,1-2H3. The fraction of sp³-hybridized carbons (Fsp3) is 0.571. The van der Waals surface area contributed by atoms with Crippen LogP contribution in [0.15, 0.2) is 18.5 Å². The van der Waals surface area contributed by atoms with Crippen LogP contribution in [0.5, 0.6) is 0 Å². The van der Waals surface area contributed by atoms with E-state index in [-0.39, 0.29) is 5.91 Å². The fourth-order valence-corrected chi connectivity index (χ4v) is 2.44. The molecule has 1 saturated carbocycles. The van der Waals surface area contributed by atoms with E-state index < -0.39 is 0 Å². The molecule has 19 heavy (non-hydrogen) atoms. The van der Waals surface area contributed by atoms with Gasteiger partial charge >= 0.3 is 0 Å². The van der Waals surface area contributed by atoms with Crippen LogP contribution in [0.3, 0.4) is 0 Å². The molecule has 104 valence electrons. The zero-order valence-corrected chi connectivity index (χ0v) is 11.5. The smallest absolute Gasteiger partial charge is 0.227 e.